The first kappa shape index (κ1) is 22.7. The van der Waals surface area contributed by atoms with Crippen molar-refractivity contribution in [2.75, 3.05) is 6.61 Å². The van der Waals surface area contributed by atoms with Gasteiger partial charge in [0.2, 0.25) is 10.0 Å². The van der Waals surface area contributed by atoms with Crippen LogP contribution in [-0.4, -0.2) is 25.9 Å². The Kier molecular flexibility index (Phi) is 7.62. The highest BCUT2D eigenvalue weighted by molar-refractivity contribution is 7.89. The summed E-state index contributed by atoms with van der Waals surface area (Å²) in [6.45, 7) is 1.83. The van der Waals surface area contributed by atoms with E-state index < -0.39 is 16.1 Å². The Morgan fingerprint density at radius 2 is 1.90 bits per heavy atom. The van der Waals surface area contributed by atoms with Crippen LogP contribution in [0.4, 0.5) is 0 Å². The number of benzene rings is 2. The van der Waals surface area contributed by atoms with Crippen molar-refractivity contribution in [3.8, 4) is 5.75 Å². The molecule has 0 unspecified atom stereocenters. The zero-order valence-corrected chi connectivity index (χ0v) is 18.4. The van der Waals surface area contributed by atoms with Gasteiger partial charge in [-0.2, -0.15) is 0 Å². The fourth-order valence-electron chi connectivity index (χ4n) is 2.77. The summed E-state index contributed by atoms with van der Waals surface area (Å²) < 4.78 is 33.4. The molecule has 2 aromatic carbocycles. The maximum absolute atomic E-state index is 12.7. The number of nitrogens with zero attached hydrogens (tertiary/aromatic N) is 1. The molecule has 7 nitrogen and oxygen atoms in total. The second kappa shape index (κ2) is 10.4. The van der Waals surface area contributed by atoms with Gasteiger partial charge in [0.1, 0.15) is 5.75 Å². The smallest absolute Gasteiger partial charge is 0.258 e. The minimum atomic E-state index is -3.79. The highest BCUT2D eigenvalue weighted by atomic mass is 35.5. The van der Waals surface area contributed by atoms with Gasteiger partial charge < -0.3 is 10.1 Å². The van der Waals surface area contributed by atoms with Crippen molar-refractivity contribution in [1.82, 2.24) is 15.0 Å². The lowest BCUT2D eigenvalue weighted by Crippen LogP contribution is -2.28. The maximum Gasteiger partial charge on any atom is 0.258 e. The van der Waals surface area contributed by atoms with Crippen molar-refractivity contribution in [2.24, 2.45) is 0 Å². The predicted octanol–water partition coefficient (Wildman–Crippen LogP) is 3.47. The average Bonchev–Trinajstić information content (AvgIpc) is 2.77. The Morgan fingerprint density at radius 3 is 2.58 bits per heavy atom. The van der Waals surface area contributed by atoms with Gasteiger partial charge in [0.05, 0.1) is 9.92 Å². The highest BCUT2D eigenvalue weighted by Gasteiger charge is 2.20. The van der Waals surface area contributed by atoms with Gasteiger partial charge in [-0.15, -0.1) is 0 Å². The molecule has 1 aromatic heterocycles. The van der Waals surface area contributed by atoms with E-state index in [4.69, 9.17) is 16.3 Å². The molecule has 0 bridgehead atoms. The lowest BCUT2D eigenvalue weighted by Gasteiger charge is -2.15. The lowest BCUT2D eigenvalue weighted by molar-refractivity contribution is -0.123. The van der Waals surface area contributed by atoms with Crippen LogP contribution in [0.3, 0.4) is 0 Å². The molecule has 1 amide bonds. The summed E-state index contributed by atoms with van der Waals surface area (Å²) in [6.07, 6.45) is 3.31. The molecule has 9 heteroatoms. The summed E-state index contributed by atoms with van der Waals surface area (Å²) in [5.41, 5.74) is 1.70. The second-order valence-electron chi connectivity index (χ2n) is 6.77. The molecule has 3 aromatic rings. The fourth-order valence-corrected chi connectivity index (χ4v) is 4.33. The van der Waals surface area contributed by atoms with E-state index >= 15 is 0 Å². The highest BCUT2D eigenvalue weighted by Crippen LogP contribution is 2.28. The normalized spacial score (nSPS) is 12.2. The van der Waals surface area contributed by atoms with Crippen LogP contribution >= 0.6 is 11.6 Å². The minimum absolute atomic E-state index is 0.00802. The van der Waals surface area contributed by atoms with Gasteiger partial charge in [-0.1, -0.05) is 48.0 Å². The fraction of sp³-hybridized carbons (Fsp3) is 0.182. The summed E-state index contributed by atoms with van der Waals surface area (Å²) in [5.74, 6) is -0.122. The number of halogens is 1. The van der Waals surface area contributed by atoms with E-state index in [1.54, 1.807) is 25.4 Å². The molecular weight excluding hydrogens is 438 g/mol. The van der Waals surface area contributed by atoms with Gasteiger partial charge in [-0.05, 0) is 42.3 Å². The number of hydrogen-bond acceptors (Lipinski definition) is 5. The largest absolute Gasteiger partial charge is 0.482 e. The van der Waals surface area contributed by atoms with Crippen LogP contribution < -0.4 is 14.8 Å². The lowest BCUT2D eigenvalue weighted by atomic mass is 10.1. The van der Waals surface area contributed by atoms with E-state index in [1.807, 2.05) is 36.4 Å². The average molecular weight is 460 g/mol. The van der Waals surface area contributed by atoms with Crippen LogP contribution in [0.15, 0.2) is 78.0 Å². The molecule has 0 fully saturated rings. The zero-order valence-electron chi connectivity index (χ0n) is 16.8. The van der Waals surface area contributed by atoms with Crippen LogP contribution in [0.1, 0.15) is 24.1 Å². The van der Waals surface area contributed by atoms with Crippen molar-refractivity contribution in [3.05, 3.63) is 89.2 Å². The molecule has 1 heterocycles. The van der Waals surface area contributed by atoms with Crippen LogP contribution in [0.25, 0.3) is 0 Å². The first-order chi connectivity index (χ1) is 14.8. The predicted molar refractivity (Wildman–Crippen MR) is 118 cm³/mol. The SMILES string of the molecule is C[C@H](NS(=O)(=O)c1ccc(OCC(=O)NCc2cccnc2)c(Cl)c1)c1ccccc1. The number of rotatable bonds is 9. The van der Waals surface area contributed by atoms with Gasteiger partial charge >= 0.3 is 0 Å². The van der Waals surface area contributed by atoms with E-state index in [0.717, 1.165) is 11.1 Å². The maximum atomic E-state index is 12.7. The van der Waals surface area contributed by atoms with E-state index in [-0.39, 0.29) is 28.2 Å². The van der Waals surface area contributed by atoms with Crippen molar-refractivity contribution in [1.29, 1.82) is 0 Å². The topological polar surface area (TPSA) is 97.4 Å². The number of carbonyl (C=O) groups is 1. The first-order valence-electron chi connectivity index (χ1n) is 9.50. The summed E-state index contributed by atoms with van der Waals surface area (Å²) in [6, 6.07) is 16.6. The quantitative estimate of drug-likeness (QED) is 0.510. The number of carbonyl (C=O) groups excluding carboxylic acids is 1. The molecule has 3 rings (SSSR count). The van der Waals surface area contributed by atoms with Gasteiger partial charge in [-0.3, -0.25) is 9.78 Å². The van der Waals surface area contributed by atoms with E-state index in [2.05, 4.69) is 15.0 Å². The molecule has 0 saturated heterocycles. The van der Waals surface area contributed by atoms with Crippen molar-refractivity contribution >= 4 is 27.5 Å². The van der Waals surface area contributed by atoms with Crippen molar-refractivity contribution in [3.63, 3.8) is 0 Å². The molecule has 0 radical (unpaired) electrons. The molecule has 0 aliphatic heterocycles. The number of amides is 1. The Labute approximate surface area is 186 Å². The third-order valence-corrected chi connectivity index (χ3v) is 6.25. The van der Waals surface area contributed by atoms with E-state index in [9.17, 15) is 13.2 Å². The standard InChI is InChI=1S/C22H22ClN3O4S/c1-16(18-7-3-2-4-8-18)26-31(28,29)19-9-10-21(20(23)12-19)30-15-22(27)25-14-17-6-5-11-24-13-17/h2-13,16,26H,14-15H2,1H3,(H,25,27)/t16-/m0/s1. The van der Waals surface area contributed by atoms with E-state index in [0.29, 0.717) is 6.54 Å². The van der Waals surface area contributed by atoms with Crippen molar-refractivity contribution < 1.29 is 17.9 Å². The summed E-state index contributed by atoms with van der Waals surface area (Å²) in [4.78, 5) is 16.0. The molecule has 1 atom stereocenters. The van der Waals surface area contributed by atoms with Gasteiger partial charge in [0, 0.05) is 25.0 Å². The third-order valence-electron chi connectivity index (χ3n) is 4.42. The summed E-state index contributed by atoms with van der Waals surface area (Å²) >= 11 is 6.19. The Balaban J connectivity index is 1.58. The molecule has 0 saturated carbocycles. The molecule has 162 valence electrons. The van der Waals surface area contributed by atoms with Crippen LogP contribution in [0.5, 0.6) is 5.75 Å². The first-order valence-corrected chi connectivity index (χ1v) is 11.4. The Hall–Kier alpha value is -2.94. The van der Waals surface area contributed by atoms with Crippen molar-refractivity contribution in [2.45, 2.75) is 24.4 Å². The Bertz CT molecular complexity index is 1130. The number of nitrogens with one attached hydrogen (secondary N) is 2. The molecule has 2 N–H and O–H groups in total. The van der Waals surface area contributed by atoms with Crippen LogP contribution in [0, 0.1) is 0 Å². The monoisotopic (exact) mass is 459 g/mol. The minimum Gasteiger partial charge on any atom is -0.482 e. The number of pyridine rings is 1. The molecule has 0 aliphatic carbocycles. The van der Waals surface area contributed by atoms with Gasteiger partial charge in [0.25, 0.3) is 5.91 Å². The number of hydrogen-bond donors (Lipinski definition) is 2. The number of sulfonamides is 1. The summed E-state index contributed by atoms with van der Waals surface area (Å²) in [7, 11) is -3.79. The summed E-state index contributed by atoms with van der Waals surface area (Å²) in [5, 5.41) is 2.80. The molecular formula is C22H22ClN3O4S. The molecule has 31 heavy (non-hydrogen) atoms. The van der Waals surface area contributed by atoms with Gasteiger partial charge in [-0.25, -0.2) is 13.1 Å². The molecule has 0 aliphatic rings. The number of ether oxygens (including phenoxy) is 1. The van der Waals surface area contributed by atoms with Gasteiger partial charge in [0.15, 0.2) is 6.61 Å². The molecule has 0 spiro atoms. The van der Waals surface area contributed by atoms with E-state index in [1.165, 1.54) is 18.2 Å². The second-order valence-corrected chi connectivity index (χ2v) is 8.89. The zero-order chi connectivity index (χ0) is 22.3. The number of aromatic nitrogens is 1. The third kappa shape index (κ3) is 6.52. The van der Waals surface area contributed by atoms with Crippen LogP contribution in [-0.2, 0) is 21.4 Å². The Morgan fingerprint density at radius 1 is 1.13 bits per heavy atom. The van der Waals surface area contributed by atoms with Crippen LogP contribution in [0.2, 0.25) is 5.02 Å².